The number of amides is 1. The second-order valence-corrected chi connectivity index (χ2v) is 7.59. The minimum atomic E-state index is -4.91. The summed E-state index contributed by atoms with van der Waals surface area (Å²) in [6.07, 6.45) is 1.13. The highest BCUT2D eigenvalue weighted by Crippen LogP contribution is 2.33. The number of hydrogen-bond donors (Lipinski definition) is 1. The van der Waals surface area contributed by atoms with Crippen LogP contribution in [0.4, 0.5) is 20.2 Å². The van der Waals surface area contributed by atoms with Crippen molar-refractivity contribution in [1.29, 1.82) is 0 Å². The molecular formula is C14H17F2N3O5S. The molecule has 0 radical (unpaired) electrons. The molecule has 1 fully saturated rings. The maximum absolute atomic E-state index is 12.6. The van der Waals surface area contributed by atoms with Crippen LogP contribution >= 0.6 is 0 Å². The van der Waals surface area contributed by atoms with Gasteiger partial charge in [0, 0.05) is 32.1 Å². The molecule has 0 saturated carbocycles. The van der Waals surface area contributed by atoms with E-state index in [1.807, 2.05) is 0 Å². The number of benzene rings is 1. The summed E-state index contributed by atoms with van der Waals surface area (Å²) in [6.45, 7) is 2.22. The fraction of sp³-hybridized carbons (Fsp3) is 0.500. The van der Waals surface area contributed by atoms with E-state index in [-0.39, 0.29) is 17.6 Å². The van der Waals surface area contributed by atoms with Crippen molar-refractivity contribution >= 4 is 27.1 Å². The number of anilines is 1. The number of alkyl halides is 2. The average molecular weight is 377 g/mol. The highest BCUT2D eigenvalue weighted by atomic mass is 32.2. The van der Waals surface area contributed by atoms with Gasteiger partial charge in [-0.15, -0.1) is 0 Å². The molecule has 0 aliphatic carbocycles. The summed E-state index contributed by atoms with van der Waals surface area (Å²) in [6, 6.07) is 2.75. The summed E-state index contributed by atoms with van der Waals surface area (Å²) >= 11 is 0. The summed E-state index contributed by atoms with van der Waals surface area (Å²) in [5.74, 6) is -3.81. The largest absolute Gasteiger partial charge is 0.366 e. The number of carbonyl (C=O) groups is 1. The molecule has 0 unspecified atom stereocenters. The van der Waals surface area contributed by atoms with Crippen LogP contribution in [-0.2, 0) is 14.6 Å². The van der Waals surface area contributed by atoms with E-state index in [1.165, 1.54) is 13.0 Å². The Bertz CT molecular complexity index is 777. The molecule has 25 heavy (non-hydrogen) atoms. The minimum absolute atomic E-state index is 0.0358. The number of hydrogen-bond acceptors (Lipinski definition) is 6. The highest BCUT2D eigenvalue weighted by molar-refractivity contribution is 7.91. The molecule has 8 nitrogen and oxygen atoms in total. The summed E-state index contributed by atoms with van der Waals surface area (Å²) in [7, 11) is -4.91. The number of piperidine rings is 1. The van der Waals surface area contributed by atoms with Crippen LogP contribution in [-0.4, -0.2) is 44.1 Å². The first-order chi connectivity index (χ1) is 11.6. The van der Waals surface area contributed by atoms with Gasteiger partial charge in [0.25, 0.3) is 5.69 Å². The van der Waals surface area contributed by atoms with Gasteiger partial charge >= 0.3 is 5.76 Å². The summed E-state index contributed by atoms with van der Waals surface area (Å²) in [5, 5.41) is 14.0. The molecule has 1 N–H and O–H groups in total. The van der Waals surface area contributed by atoms with Gasteiger partial charge in [0.15, 0.2) is 0 Å². The minimum Gasteiger partial charge on any atom is -0.366 e. The molecule has 0 atom stereocenters. The van der Waals surface area contributed by atoms with Gasteiger partial charge in [-0.1, -0.05) is 0 Å². The van der Waals surface area contributed by atoms with Crippen molar-refractivity contribution in [1.82, 2.24) is 5.32 Å². The standard InChI is InChI=1S/C14H17F2N3O5S/c1-9(20)17-10-4-6-18(7-5-10)12-3-2-11(8-13(12)19(21)22)25(23,24)14(15)16/h2-3,8,10,14H,4-7H2,1H3,(H,17,20). The van der Waals surface area contributed by atoms with Crippen molar-refractivity contribution in [3.05, 3.63) is 28.3 Å². The summed E-state index contributed by atoms with van der Waals surface area (Å²) in [4.78, 5) is 22.4. The zero-order chi connectivity index (χ0) is 18.8. The van der Waals surface area contributed by atoms with E-state index in [9.17, 15) is 32.1 Å². The van der Waals surface area contributed by atoms with E-state index < -0.39 is 31.1 Å². The summed E-state index contributed by atoms with van der Waals surface area (Å²) in [5.41, 5.74) is -0.376. The predicted molar refractivity (Wildman–Crippen MR) is 85.3 cm³/mol. The van der Waals surface area contributed by atoms with Gasteiger partial charge in [0.1, 0.15) is 5.69 Å². The van der Waals surface area contributed by atoms with Crippen LogP contribution < -0.4 is 10.2 Å². The molecule has 1 aromatic carbocycles. The van der Waals surface area contributed by atoms with E-state index in [0.29, 0.717) is 32.0 Å². The maximum atomic E-state index is 12.6. The van der Waals surface area contributed by atoms with Crippen molar-refractivity contribution in [2.45, 2.75) is 36.5 Å². The number of halogens is 2. The second-order valence-electron chi connectivity index (χ2n) is 5.68. The quantitative estimate of drug-likeness (QED) is 0.618. The molecule has 1 amide bonds. The molecule has 1 aliphatic heterocycles. The Morgan fingerprint density at radius 2 is 1.96 bits per heavy atom. The van der Waals surface area contributed by atoms with Gasteiger partial charge in [-0.3, -0.25) is 14.9 Å². The van der Waals surface area contributed by atoms with E-state index in [0.717, 1.165) is 6.07 Å². The lowest BCUT2D eigenvalue weighted by atomic mass is 10.0. The van der Waals surface area contributed by atoms with Crippen molar-refractivity contribution in [3.63, 3.8) is 0 Å². The van der Waals surface area contributed by atoms with Crippen LogP contribution in [0.3, 0.4) is 0 Å². The zero-order valence-electron chi connectivity index (χ0n) is 13.3. The third-order valence-electron chi connectivity index (χ3n) is 3.95. The summed E-state index contributed by atoms with van der Waals surface area (Å²) < 4.78 is 48.3. The van der Waals surface area contributed by atoms with E-state index in [4.69, 9.17) is 0 Å². The van der Waals surface area contributed by atoms with Gasteiger partial charge in [0.2, 0.25) is 15.7 Å². The first-order valence-corrected chi connectivity index (χ1v) is 9.00. The molecular weight excluding hydrogens is 360 g/mol. The van der Waals surface area contributed by atoms with Crippen LogP contribution in [0.5, 0.6) is 0 Å². The number of nitrogens with one attached hydrogen (secondary N) is 1. The Labute approximate surface area is 142 Å². The van der Waals surface area contributed by atoms with Gasteiger partial charge in [-0.2, -0.15) is 8.78 Å². The number of nitro groups is 1. The van der Waals surface area contributed by atoms with Crippen LogP contribution in [0.2, 0.25) is 0 Å². The topological polar surface area (TPSA) is 110 Å². The smallest absolute Gasteiger partial charge is 0.341 e. The lowest BCUT2D eigenvalue weighted by molar-refractivity contribution is -0.384. The van der Waals surface area contributed by atoms with Crippen molar-refractivity contribution in [2.75, 3.05) is 18.0 Å². The van der Waals surface area contributed by atoms with E-state index >= 15 is 0 Å². The van der Waals surface area contributed by atoms with E-state index in [1.54, 1.807) is 4.90 Å². The third-order valence-corrected chi connectivity index (χ3v) is 5.33. The predicted octanol–water partition coefficient (Wildman–Crippen LogP) is 1.70. The Kier molecular flexibility index (Phi) is 5.55. The highest BCUT2D eigenvalue weighted by Gasteiger charge is 2.31. The van der Waals surface area contributed by atoms with Crippen molar-refractivity contribution < 1.29 is 26.9 Å². The molecule has 1 aliphatic rings. The number of nitrogens with zero attached hydrogens (tertiary/aromatic N) is 2. The lowest BCUT2D eigenvalue weighted by Gasteiger charge is -2.33. The third kappa shape index (κ3) is 4.21. The maximum Gasteiger partial charge on any atom is 0.341 e. The molecule has 11 heteroatoms. The molecule has 1 aromatic rings. The fourth-order valence-corrected chi connectivity index (χ4v) is 3.49. The molecule has 0 aromatic heterocycles. The number of nitro benzene ring substituents is 1. The Balaban J connectivity index is 2.28. The Hall–Kier alpha value is -2.30. The van der Waals surface area contributed by atoms with Crippen LogP contribution in [0.25, 0.3) is 0 Å². The molecule has 1 heterocycles. The van der Waals surface area contributed by atoms with Gasteiger partial charge in [-0.05, 0) is 25.0 Å². The number of carbonyl (C=O) groups excluding carboxylic acids is 1. The molecule has 138 valence electrons. The molecule has 2 rings (SSSR count). The molecule has 1 saturated heterocycles. The Morgan fingerprint density at radius 3 is 2.44 bits per heavy atom. The van der Waals surface area contributed by atoms with Gasteiger partial charge in [0.05, 0.1) is 9.82 Å². The van der Waals surface area contributed by atoms with Crippen LogP contribution in [0.15, 0.2) is 23.1 Å². The van der Waals surface area contributed by atoms with E-state index in [2.05, 4.69) is 5.32 Å². The second kappa shape index (κ2) is 7.30. The first-order valence-electron chi connectivity index (χ1n) is 7.45. The monoisotopic (exact) mass is 377 g/mol. The van der Waals surface area contributed by atoms with Crippen LogP contribution in [0, 0.1) is 10.1 Å². The first kappa shape index (κ1) is 19.0. The SMILES string of the molecule is CC(=O)NC1CCN(c2ccc(S(=O)(=O)C(F)F)cc2[N+](=O)[O-])CC1. The van der Waals surface area contributed by atoms with Crippen LogP contribution in [0.1, 0.15) is 19.8 Å². The number of sulfone groups is 1. The normalized spacial score (nSPS) is 16.1. The fourth-order valence-electron chi connectivity index (χ4n) is 2.75. The zero-order valence-corrected chi connectivity index (χ0v) is 14.1. The van der Waals surface area contributed by atoms with Crippen molar-refractivity contribution in [2.24, 2.45) is 0 Å². The molecule has 0 spiro atoms. The number of rotatable bonds is 5. The lowest BCUT2D eigenvalue weighted by Crippen LogP contribution is -2.44. The van der Waals surface area contributed by atoms with Gasteiger partial charge < -0.3 is 10.2 Å². The Morgan fingerprint density at radius 1 is 1.36 bits per heavy atom. The molecule has 0 bridgehead atoms. The van der Waals surface area contributed by atoms with Gasteiger partial charge in [-0.25, -0.2) is 8.42 Å². The average Bonchev–Trinajstić information content (AvgIpc) is 2.54. The van der Waals surface area contributed by atoms with Crippen molar-refractivity contribution in [3.8, 4) is 0 Å².